The summed E-state index contributed by atoms with van der Waals surface area (Å²) in [7, 11) is 0. The minimum absolute atomic E-state index is 0.0918. The van der Waals surface area contributed by atoms with E-state index in [-0.39, 0.29) is 5.69 Å². The summed E-state index contributed by atoms with van der Waals surface area (Å²) in [5.41, 5.74) is 1.08. The number of aldehydes is 1. The van der Waals surface area contributed by atoms with Crippen LogP contribution in [0.5, 0.6) is 0 Å². The van der Waals surface area contributed by atoms with Gasteiger partial charge in [-0.15, -0.1) is 11.8 Å². The SMILES string of the molecule is O=CCSCc1ccc([N+](=O)[O-])cc1. The van der Waals surface area contributed by atoms with Gasteiger partial charge in [-0.1, -0.05) is 12.1 Å². The number of nitrogens with zero attached hydrogens (tertiary/aromatic N) is 1. The number of non-ortho nitro benzene ring substituents is 1. The van der Waals surface area contributed by atoms with Crippen LogP contribution in [-0.4, -0.2) is 17.0 Å². The van der Waals surface area contributed by atoms with E-state index in [1.165, 1.54) is 23.9 Å². The second-order valence-electron chi connectivity index (χ2n) is 2.61. The molecular formula is C9H9NO3S. The summed E-state index contributed by atoms with van der Waals surface area (Å²) in [6.07, 6.45) is 0.843. The molecule has 1 aromatic carbocycles. The van der Waals surface area contributed by atoms with Crippen LogP contribution in [0.25, 0.3) is 0 Å². The highest BCUT2D eigenvalue weighted by Crippen LogP contribution is 2.15. The van der Waals surface area contributed by atoms with Gasteiger partial charge in [-0.2, -0.15) is 0 Å². The van der Waals surface area contributed by atoms with Crippen LogP contribution in [0.1, 0.15) is 5.56 Å². The van der Waals surface area contributed by atoms with Gasteiger partial charge in [0.2, 0.25) is 0 Å². The molecule has 0 aliphatic heterocycles. The zero-order valence-corrected chi connectivity index (χ0v) is 8.20. The molecule has 14 heavy (non-hydrogen) atoms. The van der Waals surface area contributed by atoms with Crippen LogP contribution in [0.2, 0.25) is 0 Å². The maximum atomic E-state index is 10.3. The van der Waals surface area contributed by atoms with Gasteiger partial charge in [-0.3, -0.25) is 10.1 Å². The van der Waals surface area contributed by atoms with E-state index < -0.39 is 4.92 Å². The molecule has 0 N–H and O–H groups in total. The van der Waals surface area contributed by atoms with Gasteiger partial charge in [0.25, 0.3) is 5.69 Å². The van der Waals surface area contributed by atoms with Crippen molar-refractivity contribution in [3.8, 4) is 0 Å². The molecule has 0 aliphatic carbocycles. The summed E-state index contributed by atoms with van der Waals surface area (Å²) >= 11 is 1.48. The van der Waals surface area contributed by atoms with Crippen LogP contribution in [0.3, 0.4) is 0 Å². The molecule has 0 amide bonds. The van der Waals surface area contributed by atoms with Crippen LogP contribution < -0.4 is 0 Å². The smallest absolute Gasteiger partial charge is 0.269 e. The van der Waals surface area contributed by atoms with Crippen molar-refractivity contribution >= 4 is 23.7 Å². The molecule has 74 valence electrons. The van der Waals surface area contributed by atoms with Crippen molar-refractivity contribution in [1.29, 1.82) is 0 Å². The quantitative estimate of drug-likeness (QED) is 0.323. The molecule has 5 heteroatoms. The Labute approximate surface area is 85.5 Å². The summed E-state index contributed by atoms with van der Waals surface area (Å²) in [6.45, 7) is 0. The molecule has 0 bridgehead atoms. The van der Waals surface area contributed by atoms with E-state index in [2.05, 4.69) is 0 Å². The summed E-state index contributed by atoms with van der Waals surface area (Å²) < 4.78 is 0. The van der Waals surface area contributed by atoms with Gasteiger partial charge in [0.1, 0.15) is 6.29 Å². The van der Waals surface area contributed by atoms with Crippen molar-refractivity contribution in [3.63, 3.8) is 0 Å². The zero-order valence-electron chi connectivity index (χ0n) is 7.38. The maximum absolute atomic E-state index is 10.3. The Bertz CT molecular complexity index is 323. The Balaban J connectivity index is 2.55. The first-order valence-corrected chi connectivity index (χ1v) is 5.14. The first-order valence-electron chi connectivity index (χ1n) is 3.98. The van der Waals surface area contributed by atoms with Gasteiger partial charge >= 0.3 is 0 Å². The van der Waals surface area contributed by atoms with Crippen molar-refractivity contribution in [1.82, 2.24) is 0 Å². The third kappa shape index (κ3) is 3.18. The Morgan fingerprint density at radius 2 is 2.00 bits per heavy atom. The average Bonchev–Trinajstić information content (AvgIpc) is 2.19. The third-order valence-electron chi connectivity index (χ3n) is 1.60. The lowest BCUT2D eigenvalue weighted by molar-refractivity contribution is -0.384. The Morgan fingerprint density at radius 1 is 1.36 bits per heavy atom. The molecule has 0 fully saturated rings. The molecule has 0 saturated heterocycles. The highest BCUT2D eigenvalue weighted by molar-refractivity contribution is 7.99. The van der Waals surface area contributed by atoms with E-state index in [1.54, 1.807) is 12.1 Å². The predicted octanol–water partition coefficient (Wildman–Crippen LogP) is 2.03. The highest BCUT2D eigenvalue weighted by atomic mass is 32.2. The second-order valence-corrected chi connectivity index (χ2v) is 3.64. The molecule has 1 rings (SSSR count). The van der Waals surface area contributed by atoms with Crippen molar-refractivity contribution in [3.05, 3.63) is 39.9 Å². The number of carbonyl (C=O) groups excluding carboxylic acids is 1. The number of hydrogen-bond donors (Lipinski definition) is 0. The van der Waals surface area contributed by atoms with Gasteiger partial charge in [0, 0.05) is 23.6 Å². The van der Waals surface area contributed by atoms with E-state index in [0.29, 0.717) is 11.5 Å². The molecule has 4 nitrogen and oxygen atoms in total. The van der Waals surface area contributed by atoms with Gasteiger partial charge < -0.3 is 4.79 Å². The van der Waals surface area contributed by atoms with Crippen molar-refractivity contribution in [2.75, 3.05) is 5.75 Å². The van der Waals surface area contributed by atoms with E-state index in [4.69, 9.17) is 0 Å². The summed E-state index contributed by atoms with van der Waals surface area (Å²) in [5.74, 6) is 1.16. The van der Waals surface area contributed by atoms with Crippen LogP contribution in [0.4, 0.5) is 5.69 Å². The highest BCUT2D eigenvalue weighted by Gasteiger charge is 2.03. The van der Waals surface area contributed by atoms with Crippen molar-refractivity contribution in [2.24, 2.45) is 0 Å². The largest absolute Gasteiger partial charge is 0.302 e. The Hall–Kier alpha value is -1.36. The average molecular weight is 211 g/mol. The minimum Gasteiger partial charge on any atom is -0.302 e. The fourth-order valence-corrected chi connectivity index (χ4v) is 1.58. The molecule has 0 saturated carbocycles. The predicted molar refractivity (Wildman–Crippen MR) is 55.3 cm³/mol. The van der Waals surface area contributed by atoms with Crippen molar-refractivity contribution < 1.29 is 9.72 Å². The lowest BCUT2D eigenvalue weighted by Gasteiger charge is -1.97. The summed E-state index contributed by atoms with van der Waals surface area (Å²) in [4.78, 5) is 19.9. The maximum Gasteiger partial charge on any atom is 0.269 e. The lowest BCUT2D eigenvalue weighted by atomic mass is 10.2. The number of carbonyl (C=O) groups is 1. The second kappa shape index (κ2) is 5.39. The number of thioether (sulfide) groups is 1. The molecule has 0 radical (unpaired) electrons. The molecule has 0 spiro atoms. The van der Waals surface area contributed by atoms with Gasteiger partial charge in [-0.05, 0) is 5.56 Å². The zero-order chi connectivity index (χ0) is 10.4. The minimum atomic E-state index is -0.428. The van der Waals surface area contributed by atoms with Crippen LogP contribution in [0.15, 0.2) is 24.3 Å². The van der Waals surface area contributed by atoms with E-state index in [9.17, 15) is 14.9 Å². The fraction of sp³-hybridized carbons (Fsp3) is 0.222. The molecule has 0 atom stereocenters. The monoisotopic (exact) mass is 211 g/mol. The molecule has 0 aromatic heterocycles. The standard InChI is InChI=1S/C9H9NO3S/c11-5-6-14-7-8-1-3-9(4-2-8)10(12)13/h1-5H,6-7H2. The Kier molecular flexibility index (Phi) is 4.12. The number of nitro benzene ring substituents is 1. The number of nitro groups is 1. The third-order valence-corrected chi connectivity index (χ3v) is 2.51. The topological polar surface area (TPSA) is 60.2 Å². The lowest BCUT2D eigenvalue weighted by Crippen LogP contribution is -1.88. The van der Waals surface area contributed by atoms with Gasteiger partial charge in [0.15, 0.2) is 0 Å². The van der Waals surface area contributed by atoms with E-state index in [1.807, 2.05) is 0 Å². The first kappa shape index (κ1) is 10.7. The van der Waals surface area contributed by atoms with Crippen LogP contribution >= 0.6 is 11.8 Å². The van der Waals surface area contributed by atoms with Crippen LogP contribution in [-0.2, 0) is 10.5 Å². The van der Waals surface area contributed by atoms with Gasteiger partial charge in [0.05, 0.1) is 4.92 Å². The molecule has 1 aromatic rings. The molecular weight excluding hydrogens is 202 g/mol. The summed E-state index contributed by atoms with van der Waals surface area (Å²) in [5, 5.41) is 10.3. The molecule has 0 unspecified atom stereocenters. The molecule has 0 aliphatic rings. The van der Waals surface area contributed by atoms with Gasteiger partial charge in [-0.25, -0.2) is 0 Å². The van der Waals surface area contributed by atoms with E-state index in [0.717, 1.165) is 11.8 Å². The fourth-order valence-electron chi connectivity index (χ4n) is 0.939. The normalized spacial score (nSPS) is 9.71. The Morgan fingerprint density at radius 3 is 2.50 bits per heavy atom. The summed E-state index contributed by atoms with van der Waals surface area (Å²) in [6, 6.07) is 6.35. The number of benzene rings is 1. The van der Waals surface area contributed by atoms with Crippen molar-refractivity contribution in [2.45, 2.75) is 5.75 Å². The number of hydrogen-bond acceptors (Lipinski definition) is 4. The first-order chi connectivity index (χ1) is 6.74. The number of rotatable bonds is 5. The van der Waals surface area contributed by atoms with Crippen LogP contribution in [0, 0.1) is 10.1 Å². The molecule has 0 heterocycles. The van der Waals surface area contributed by atoms with E-state index >= 15 is 0 Å².